The van der Waals surface area contributed by atoms with E-state index in [0.717, 1.165) is 29.8 Å². The minimum Gasteiger partial charge on any atom is -0.352 e. The van der Waals surface area contributed by atoms with Crippen molar-refractivity contribution < 1.29 is 9.59 Å². The van der Waals surface area contributed by atoms with E-state index in [0.29, 0.717) is 18.1 Å². The van der Waals surface area contributed by atoms with Crippen LogP contribution in [0.3, 0.4) is 0 Å². The number of amides is 2. The lowest BCUT2D eigenvalue weighted by Crippen LogP contribution is -2.45. The number of nitrogens with zero attached hydrogens (tertiary/aromatic N) is 1. The first kappa shape index (κ1) is 17.0. The Hall–Kier alpha value is -1.85. The van der Waals surface area contributed by atoms with Gasteiger partial charge in [-0.25, -0.2) is 0 Å². The zero-order valence-electron chi connectivity index (χ0n) is 13.2. The Labute approximate surface area is 150 Å². The van der Waals surface area contributed by atoms with Gasteiger partial charge in [0.2, 0.25) is 5.91 Å². The van der Waals surface area contributed by atoms with Gasteiger partial charge < -0.3 is 10.2 Å². The molecule has 1 unspecified atom stereocenters. The molecule has 126 valence electrons. The molecule has 3 rings (SSSR count). The number of piperidine rings is 1. The summed E-state index contributed by atoms with van der Waals surface area (Å²) >= 11 is 7.39. The van der Waals surface area contributed by atoms with Crippen LogP contribution in [0.4, 0.5) is 0 Å². The highest BCUT2D eigenvalue weighted by atomic mass is 35.5. The van der Waals surface area contributed by atoms with Crippen molar-refractivity contribution in [1.82, 2.24) is 10.2 Å². The summed E-state index contributed by atoms with van der Waals surface area (Å²) in [7, 11) is 0. The van der Waals surface area contributed by atoms with E-state index in [-0.39, 0.29) is 17.7 Å². The average molecular weight is 363 g/mol. The zero-order valence-corrected chi connectivity index (χ0v) is 14.8. The molecule has 2 aromatic rings. The molecule has 2 heterocycles. The van der Waals surface area contributed by atoms with Crippen LogP contribution < -0.4 is 5.32 Å². The summed E-state index contributed by atoms with van der Waals surface area (Å²) < 4.78 is 0. The number of likely N-dealkylation sites (tertiary alicyclic amines) is 1. The van der Waals surface area contributed by atoms with Gasteiger partial charge in [-0.1, -0.05) is 29.8 Å². The van der Waals surface area contributed by atoms with Gasteiger partial charge in [0.25, 0.3) is 5.91 Å². The number of carbonyl (C=O) groups excluding carboxylic acids is 2. The number of halogens is 1. The first-order chi connectivity index (χ1) is 11.6. The van der Waals surface area contributed by atoms with Crippen LogP contribution in [0.5, 0.6) is 0 Å². The summed E-state index contributed by atoms with van der Waals surface area (Å²) in [4.78, 5) is 27.4. The van der Waals surface area contributed by atoms with Crippen LogP contribution in [-0.4, -0.2) is 29.8 Å². The fourth-order valence-electron chi connectivity index (χ4n) is 2.91. The molecule has 0 bridgehead atoms. The van der Waals surface area contributed by atoms with E-state index in [1.54, 1.807) is 4.90 Å². The molecule has 1 aromatic heterocycles. The Morgan fingerprint density at radius 1 is 1.29 bits per heavy atom. The Balaban J connectivity index is 1.56. The van der Waals surface area contributed by atoms with Gasteiger partial charge in [0.1, 0.15) is 0 Å². The topological polar surface area (TPSA) is 49.4 Å². The van der Waals surface area contributed by atoms with Crippen LogP contribution in [0.25, 0.3) is 0 Å². The Bertz CT molecular complexity index is 718. The summed E-state index contributed by atoms with van der Waals surface area (Å²) in [6.45, 7) is 1.65. The van der Waals surface area contributed by atoms with Crippen molar-refractivity contribution >= 4 is 34.8 Å². The van der Waals surface area contributed by atoms with Crippen LogP contribution >= 0.6 is 22.9 Å². The van der Waals surface area contributed by atoms with Crippen LogP contribution in [-0.2, 0) is 11.3 Å². The monoisotopic (exact) mass is 362 g/mol. The second-order valence-corrected chi connectivity index (χ2v) is 7.30. The van der Waals surface area contributed by atoms with Gasteiger partial charge >= 0.3 is 0 Å². The largest absolute Gasteiger partial charge is 0.352 e. The smallest absolute Gasteiger partial charge is 0.263 e. The number of hydrogen-bond donors (Lipinski definition) is 1. The van der Waals surface area contributed by atoms with Crippen LogP contribution in [0, 0.1) is 5.92 Å². The van der Waals surface area contributed by atoms with E-state index < -0.39 is 0 Å². The third-order valence-electron chi connectivity index (χ3n) is 4.17. The third-order valence-corrected chi connectivity index (χ3v) is 5.26. The molecule has 1 saturated heterocycles. The Kier molecular flexibility index (Phi) is 5.53. The molecular formula is C18H19ClN2O2S. The minimum absolute atomic E-state index is 0.00125. The SMILES string of the molecule is O=C(NCc1cccc(Cl)c1)C1CCCN(C(=O)c2cccs2)C1. The second-order valence-electron chi connectivity index (χ2n) is 5.92. The van der Waals surface area contributed by atoms with Crippen molar-refractivity contribution in [3.63, 3.8) is 0 Å². The summed E-state index contributed by atoms with van der Waals surface area (Å²) in [5, 5.41) is 5.51. The summed E-state index contributed by atoms with van der Waals surface area (Å²) in [5.41, 5.74) is 0.971. The lowest BCUT2D eigenvalue weighted by Gasteiger charge is -2.31. The molecule has 0 radical (unpaired) electrons. The zero-order chi connectivity index (χ0) is 16.9. The summed E-state index contributed by atoms with van der Waals surface area (Å²) in [5.74, 6) is -0.127. The predicted octanol–water partition coefficient (Wildman–Crippen LogP) is 3.57. The van der Waals surface area contributed by atoms with Crippen molar-refractivity contribution in [1.29, 1.82) is 0 Å². The molecule has 24 heavy (non-hydrogen) atoms. The molecule has 0 spiro atoms. The fourth-order valence-corrected chi connectivity index (χ4v) is 3.82. The Morgan fingerprint density at radius 3 is 2.92 bits per heavy atom. The highest BCUT2D eigenvalue weighted by molar-refractivity contribution is 7.12. The number of rotatable bonds is 4. The standard InChI is InChI=1S/C18H19ClN2O2S/c19-15-6-1-4-13(10-15)11-20-17(22)14-5-2-8-21(12-14)18(23)16-7-3-9-24-16/h1,3-4,6-7,9-10,14H,2,5,8,11-12H2,(H,20,22). The van der Waals surface area contributed by atoms with Gasteiger partial charge in [-0.15, -0.1) is 11.3 Å². The third kappa shape index (κ3) is 4.16. The van der Waals surface area contributed by atoms with E-state index in [2.05, 4.69) is 5.32 Å². The molecular weight excluding hydrogens is 344 g/mol. The maximum atomic E-state index is 12.4. The summed E-state index contributed by atoms with van der Waals surface area (Å²) in [6, 6.07) is 11.1. The number of thiophene rings is 1. The molecule has 0 saturated carbocycles. The van der Waals surface area contributed by atoms with Crippen LogP contribution in [0.15, 0.2) is 41.8 Å². The van der Waals surface area contributed by atoms with Gasteiger partial charge in [-0.2, -0.15) is 0 Å². The molecule has 1 aliphatic rings. The lowest BCUT2D eigenvalue weighted by molar-refractivity contribution is -0.126. The second kappa shape index (κ2) is 7.81. The maximum absolute atomic E-state index is 12.4. The predicted molar refractivity (Wildman–Crippen MR) is 96.2 cm³/mol. The first-order valence-corrected chi connectivity index (χ1v) is 9.24. The van der Waals surface area contributed by atoms with Gasteiger partial charge in [0.05, 0.1) is 10.8 Å². The molecule has 6 heteroatoms. The molecule has 2 amide bonds. The van der Waals surface area contributed by atoms with Crippen molar-refractivity contribution in [3.05, 3.63) is 57.2 Å². The number of nitrogens with one attached hydrogen (secondary N) is 1. The number of benzene rings is 1. The van der Waals surface area contributed by atoms with Crippen LogP contribution in [0.2, 0.25) is 5.02 Å². The van der Waals surface area contributed by atoms with Crippen molar-refractivity contribution in [2.24, 2.45) is 5.92 Å². The maximum Gasteiger partial charge on any atom is 0.263 e. The molecule has 1 fully saturated rings. The Morgan fingerprint density at radius 2 is 2.17 bits per heavy atom. The van der Waals surface area contributed by atoms with Gasteiger partial charge in [0, 0.05) is 24.7 Å². The molecule has 1 N–H and O–H groups in total. The number of carbonyl (C=O) groups is 2. The summed E-state index contributed by atoms with van der Waals surface area (Å²) in [6.07, 6.45) is 1.67. The van der Waals surface area contributed by atoms with E-state index in [1.807, 2.05) is 41.8 Å². The first-order valence-electron chi connectivity index (χ1n) is 7.98. The highest BCUT2D eigenvalue weighted by Gasteiger charge is 2.29. The van der Waals surface area contributed by atoms with Gasteiger partial charge in [0.15, 0.2) is 0 Å². The average Bonchev–Trinajstić information content (AvgIpc) is 3.14. The van der Waals surface area contributed by atoms with E-state index in [1.165, 1.54) is 11.3 Å². The van der Waals surface area contributed by atoms with E-state index >= 15 is 0 Å². The normalized spacial score (nSPS) is 17.5. The molecule has 1 atom stereocenters. The fraction of sp³-hybridized carbons (Fsp3) is 0.333. The van der Waals surface area contributed by atoms with E-state index in [9.17, 15) is 9.59 Å². The molecule has 4 nitrogen and oxygen atoms in total. The molecule has 1 aliphatic heterocycles. The quantitative estimate of drug-likeness (QED) is 0.903. The van der Waals surface area contributed by atoms with E-state index in [4.69, 9.17) is 11.6 Å². The van der Waals surface area contributed by atoms with Crippen molar-refractivity contribution in [3.8, 4) is 0 Å². The van der Waals surface area contributed by atoms with Crippen molar-refractivity contribution in [2.45, 2.75) is 19.4 Å². The lowest BCUT2D eigenvalue weighted by atomic mass is 9.97. The highest BCUT2D eigenvalue weighted by Crippen LogP contribution is 2.21. The minimum atomic E-state index is -0.151. The van der Waals surface area contributed by atoms with Gasteiger partial charge in [-0.05, 0) is 42.0 Å². The molecule has 1 aromatic carbocycles. The van der Waals surface area contributed by atoms with Crippen LogP contribution in [0.1, 0.15) is 28.1 Å². The number of hydrogen-bond acceptors (Lipinski definition) is 3. The molecule has 0 aliphatic carbocycles. The van der Waals surface area contributed by atoms with Gasteiger partial charge in [-0.3, -0.25) is 9.59 Å². The van der Waals surface area contributed by atoms with Crippen molar-refractivity contribution in [2.75, 3.05) is 13.1 Å².